The maximum absolute atomic E-state index is 13.3. The minimum absolute atomic E-state index is 0.188. The average Bonchev–Trinajstić information content (AvgIpc) is 2.67. The number of pyridine rings is 1. The van der Waals surface area contributed by atoms with Crippen molar-refractivity contribution in [2.45, 2.75) is 65.5 Å². The Hall–Kier alpha value is -1.81. The number of nitrogens with one attached hydrogen (secondary N) is 1. The van der Waals surface area contributed by atoms with Gasteiger partial charge in [-0.05, 0) is 58.9 Å². The van der Waals surface area contributed by atoms with E-state index in [2.05, 4.69) is 47.8 Å². The lowest BCUT2D eigenvalue weighted by Crippen LogP contribution is -2.35. The number of rotatable bonds is 6. The highest BCUT2D eigenvalue weighted by atomic mass is 16.1. The first-order valence-electron chi connectivity index (χ1n) is 10.2. The third-order valence-corrected chi connectivity index (χ3v) is 6.03. The summed E-state index contributed by atoms with van der Waals surface area (Å²) in [5, 5.41) is 0.812. The van der Waals surface area contributed by atoms with Gasteiger partial charge in [0.1, 0.15) is 0 Å². The second kappa shape index (κ2) is 8.26. The summed E-state index contributed by atoms with van der Waals surface area (Å²) in [7, 11) is 2.17. The van der Waals surface area contributed by atoms with Crippen molar-refractivity contribution in [2.75, 3.05) is 25.0 Å². The van der Waals surface area contributed by atoms with Gasteiger partial charge in [0.25, 0.3) is 0 Å². The van der Waals surface area contributed by atoms with Crippen LogP contribution < -0.4 is 10.3 Å². The number of anilines is 1. The molecule has 3 rings (SSSR count). The number of aryl methyl sites for hydroxylation is 1. The van der Waals surface area contributed by atoms with Crippen molar-refractivity contribution in [3.05, 3.63) is 39.7 Å². The lowest BCUT2D eigenvalue weighted by Gasteiger charge is -2.31. The molecule has 0 unspecified atom stereocenters. The van der Waals surface area contributed by atoms with Crippen molar-refractivity contribution in [3.63, 3.8) is 0 Å². The predicted octanol–water partition coefficient (Wildman–Crippen LogP) is 4.45. The third-order valence-electron chi connectivity index (χ3n) is 6.03. The van der Waals surface area contributed by atoms with E-state index >= 15 is 0 Å². The first-order chi connectivity index (χ1) is 12.5. The van der Waals surface area contributed by atoms with E-state index < -0.39 is 0 Å². The maximum atomic E-state index is 13.3. The Morgan fingerprint density at radius 1 is 1.12 bits per heavy atom. The van der Waals surface area contributed by atoms with E-state index in [0.29, 0.717) is 6.04 Å². The Kier molecular flexibility index (Phi) is 6.02. The van der Waals surface area contributed by atoms with E-state index in [4.69, 9.17) is 0 Å². The average molecular weight is 356 g/mol. The fourth-order valence-corrected chi connectivity index (χ4v) is 4.32. The topological polar surface area (TPSA) is 39.3 Å². The second-order valence-electron chi connectivity index (χ2n) is 7.67. The van der Waals surface area contributed by atoms with Gasteiger partial charge in [0.2, 0.25) is 0 Å². The predicted molar refractivity (Wildman–Crippen MR) is 111 cm³/mol. The molecule has 4 nitrogen and oxygen atoms in total. The highest BCUT2D eigenvalue weighted by Crippen LogP contribution is 2.24. The van der Waals surface area contributed by atoms with Gasteiger partial charge in [-0.1, -0.05) is 19.3 Å². The molecule has 142 valence electrons. The minimum Gasteiger partial charge on any atom is -0.372 e. The van der Waals surface area contributed by atoms with E-state index in [9.17, 15) is 4.79 Å². The summed E-state index contributed by atoms with van der Waals surface area (Å²) in [6.07, 6.45) is 6.50. The lowest BCUT2D eigenvalue weighted by molar-refractivity contribution is 0.184. The Morgan fingerprint density at radius 3 is 2.46 bits per heavy atom. The molecule has 0 spiro atoms. The van der Waals surface area contributed by atoms with Crippen LogP contribution in [-0.2, 0) is 6.54 Å². The minimum atomic E-state index is 0.188. The van der Waals surface area contributed by atoms with E-state index in [-0.39, 0.29) is 5.43 Å². The number of H-pyrrole nitrogens is 1. The van der Waals surface area contributed by atoms with Gasteiger partial charge in [-0.2, -0.15) is 0 Å². The van der Waals surface area contributed by atoms with E-state index in [0.717, 1.165) is 47.5 Å². The molecular formula is C22H33N3O. The van der Waals surface area contributed by atoms with E-state index in [1.807, 2.05) is 13.0 Å². The summed E-state index contributed by atoms with van der Waals surface area (Å²) >= 11 is 0. The standard InChI is InChI=1S/C22H33N3O/c1-5-25(6-2)18-12-13-21-19(14-18)22(26)20(16(3)23-21)15-24(4)17-10-8-7-9-11-17/h12-14,17H,5-11,15H2,1-4H3,(H,23,26). The first-order valence-corrected chi connectivity index (χ1v) is 10.2. The van der Waals surface area contributed by atoms with Crippen molar-refractivity contribution < 1.29 is 0 Å². The largest absolute Gasteiger partial charge is 0.372 e. The molecule has 1 aliphatic rings. The lowest BCUT2D eigenvalue weighted by atomic mass is 9.94. The van der Waals surface area contributed by atoms with Gasteiger partial charge in [-0.3, -0.25) is 9.69 Å². The zero-order valence-electron chi connectivity index (χ0n) is 16.8. The monoisotopic (exact) mass is 355 g/mol. The van der Waals surface area contributed by atoms with Crippen LogP contribution in [0, 0.1) is 6.92 Å². The fraction of sp³-hybridized carbons (Fsp3) is 0.591. The molecule has 0 saturated heterocycles. The molecule has 0 bridgehead atoms. The van der Waals surface area contributed by atoms with Crippen molar-refractivity contribution in [3.8, 4) is 0 Å². The Morgan fingerprint density at radius 2 is 1.81 bits per heavy atom. The molecule has 1 N–H and O–H groups in total. The SMILES string of the molecule is CCN(CC)c1ccc2[nH]c(C)c(CN(C)C3CCCCC3)c(=O)c2c1. The second-order valence-corrected chi connectivity index (χ2v) is 7.67. The molecular weight excluding hydrogens is 322 g/mol. The van der Waals surface area contributed by atoms with Crippen LogP contribution in [0.3, 0.4) is 0 Å². The first kappa shape index (κ1) is 19.0. The van der Waals surface area contributed by atoms with Crippen LogP contribution in [0.4, 0.5) is 5.69 Å². The van der Waals surface area contributed by atoms with Crippen molar-refractivity contribution in [2.24, 2.45) is 0 Å². The summed E-state index contributed by atoms with van der Waals surface area (Å²) in [5.41, 5.74) is 4.17. The molecule has 1 aliphatic carbocycles. The van der Waals surface area contributed by atoms with Crippen LogP contribution in [0.25, 0.3) is 10.9 Å². The summed E-state index contributed by atoms with van der Waals surface area (Å²) in [4.78, 5) is 21.4. The zero-order valence-corrected chi connectivity index (χ0v) is 16.8. The quantitative estimate of drug-likeness (QED) is 0.832. The van der Waals surface area contributed by atoms with Gasteiger partial charge in [-0.15, -0.1) is 0 Å². The van der Waals surface area contributed by atoms with Crippen LogP contribution in [-0.4, -0.2) is 36.1 Å². The maximum Gasteiger partial charge on any atom is 0.194 e. The molecule has 1 aromatic heterocycles. The van der Waals surface area contributed by atoms with Crippen LogP contribution in [0.15, 0.2) is 23.0 Å². The van der Waals surface area contributed by atoms with Crippen LogP contribution in [0.5, 0.6) is 0 Å². The van der Waals surface area contributed by atoms with Crippen LogP contribution >= 0.6 is 0 Å². The molecule has 1 heterocycles. The van der Waals surface area contributed by atoms with Crippen LogP contribution in [0.2, 0.25) is 0 Å². The molecule has 0 amide bonds. The highest BCUT2D eigenvalue weighted by Gasteiger charge is 2.20. The molecule has 0 aliphatic heterocycles. The van der Waals surface area contributed by atoms with Gasteiger partial charge >= 0.3 is 0 Å². The van der Waals surface area contributed by atoms with Crippen LogP contribution in [0.1, 0.15) is 57.2 Å². The van der Waals surface area contributed by atoms with Gasteiger partial charge in [0, 0.05) is 53.5 Å². The van der Waals surface area contributed by atoms with Gasteiger partial charge in [0.15, 0.2) is 5.43 Å². The Bertz CT molecular complexity index is 801. The highest BCUT2D eigenvalue weighted by molar-refractivity contribution is 5.83. The summed E-state index contributed by atoms with van der Waals surface area (Å²) < 4.78 is 0. The number of aromatic amines is 1. The number of nitrogens with zero attached hydrogens (tertiary/aromatic N) is 2. The number of benzene rings is 1. The molecule has 26 heavy (non-hydrogen) atoms. The van der Waals surface area contributed by atoms with Crippen molar-refractivity contribution in [1.82, 2.24) is 9.88 Å². The number of aromatic nitrogens is 1. The summed E-state index contributed by atoms with van der Waals surface area (Å²) in [6, 6.07) is 6.83. The molecule has 1 saturated carbocycles. The Balaban J connectivity index is 1.95. The third kappa shape index (κ3) is 3.80. The molecule has 1 aromatic carbocycles. The number of hydrogen-bond donors (Lipinski definition) is 1. The Labute approximate surface area is 157 Å². The van der Waals surface area contributed by atoms with Crippen molar-refractivity contribution >= 4 is 16.6 Å². The van der Waals surface area contributed by atoms with Crippen molar-refractivity contribution in [1.29, 1.82) is 0 Å². The fourth-order valence-electron chi connectivity index (χ4n) is 4.32. The summed E-state index contributed by atoms with van der Waals surface area (Å²) in [6.45, 7) is 8.96. The van der Waals surface area contributed by atoms with Gasteiger partial charge in [0.05, 0.1) is 0 Å². The molecule has 0 atom stereocenters. The molecule has 4 heteroatoms. The number of fused-ring (bicyclic) bond motifs is 1. The molecule has 0 radical (unpaired) electrons. The van der Waals surface area contributed by atoms with E-state index in [1.165, 1.54) is 32.1 Å². The van der Waals surface area contributed by atoms with Gasteiger partial charge < -0.3 is 9.88 Å². The number of hydrogen-bond acceptors (Lipinski definition) is 3. The zero-order chi connectivity index (χ0) is 18.7. The normalized spacial score (nSPS) is 15.7. The summed E-state index contributed by atoms with van der Waals surface area (Å²) in [5.74, 6) is 0. The molecule has 1 fully saturated rings. The van der Waals surface area contributed by atoms with E-state index in [1.54, 1.807) is 0 Å². The molecule has 2 aromatic rings. The van der Waals surface area contributed by atoms with Gasteiger partial charge in [-0.25, -0.2) is 0 Å². The smallest absolute Gasteiger partial charge is 0.194 e.